The van der Waals surface area contributed by atoms with E-state index in [9.17, 15) is 12.8 Å². The second-order valence-electron chi connectivity index (χ2n) is 6.54. The predicted octanol–water partition coefficient (Wildman–Crippen LogP) is 1.99. The van der Waals surface area contributed by atoms with Gasteiger partial charge in [0.15, 0.2) is 21.5 Å². The highest BCUT2D eigenvalue weighted by molar-refractivity contribution is 7.91. The van der Waals surface area contributed by atoms with Crippen LogP contribution in [0.2, 0.25) is 0 Å². The molecule has 0 atom stereocenters. The van der Waals surface area contributed by atoms with Gasteiger partial charge in [-0.05, 0) is 5.56 Å². The molecule has 9 heteroatoms. The number of anilines is 2. The maximum Gasteiger partial charge on any atom is 0.239 e. The van der Waals surface area contributed by atoms with Crippen LogP contribution in [0.5, 0.6) is 0 Å². The summed E-state index contributed by atoms with van der Waals surface area (Å²) < 4.78 is 60.5. The molecule has 6 nitrogen and oxygen atoms in total. The number of aromatic nitrogens is 1. The average Bonchev–Trinajstić information content (AvgIpc) is 2.67. The largest absolute Gasteiger partial charge is 0.378 e. The van der Waals surface area contributed by atoms with Crippen molar-refractivity contribution in [1.29, 1.82) is 0 Å². The summed E-state index contributed by atoms with van der Waals surface area (Å²) >= 11 is 0. The molecule has 4 rings (SSSR count). The van der Waals surface area contributed by atoms with E-state index in [0.29, 0.717) is 26.3 Å². The SMILES string of the molecule is O=S1(=O)CCN(Cc2ccccc2)c2c(F)nc(N3CCOCC3)c(F)c21. The molecule has 3 heterocycles. The zero-order chi connectivity index (χ0) is 19.0. The van der Waals surface area contributed by atoms with Gasteiger partial charge in [0.05, 0.1) is 19.0 Å². The summed E-state index contributed by atoms with van der Waals surface area (Å²) in [6.45, 7) is 1.72. The molecule has 0 unspecified atom stereocenters. The molecule has 0 saturated carbocycles. The molecule has 0 radical (unpaired) electrons. The number of fused-ring (bicyclic) bond motifs is 1. The van der Waals surface area contributed by atoms with E-state index in [2.05, 4.69) is 4.98 Å². The van der Waals surface area contributed by atoms with Crippen molar-refractivity contribution in [3.05, 3.63) is 47.7 Å². The summed E-state index contributed by atoms with van der Waals surface area (Å²) in [5.74, 6) is -2.48. The molecule has 1 saturated heterocycles. The molecule has 1 aromatic heterocycles. The molecule has 27 heavy (non-hydrogen) atoms. The molecule has 0 aliphatic carbocycles. The first kappa shape index (κ1) is 18.1. The maximum atomic E-state index is 15.2. The van der Waals surface area contributed by atoms with Crippen LogP contribution in [0, 0.1) is 11.8 Å². The van der Waals surface area contributed by atoms with Crippen LogP contribution in [0.25, 0.3) is 0 Å². The van der Waals surface area contributed by atoms with E-state index in [1.165, 1.54) is 4.90 Å². The van der Waals surface area contributed by atoms with Gasteiger partial charge in [0.25, 0.3) is 0 Å². The molecule has 2 aliphatic rings. The van der Waals surface area contributed by atoms with Crippen molar-refractivity contribution in [2.24, 2.45) is 0 Å². The zero-order valence-electron chi connectivity index (χ0n) is 14.6. The van der Waals surface area contributed by atoms with Gasteiger partial charge in [-0.1, -0.05) is 30.3 Å². The van der Waals surface area contributed by atoms with E-state index in [4.69, 9.17) is 4.74 Å². The Morgan fingerprint density at radius 3 is 2.48 bits per heavy atom. The number of benzene rings is 1. The third kappa shape index (κ3) is 3.37. The Balaban J connectivity index is 1.80. The standard InChI is InChI=1S/C18H19F2N3O3S/c19-14-16-15(17(20)21-18(14)22-6-9-26-10-7-22)23(8-11-27(16,24)25)12-13-4-2-1-3-5-13/h1-5H,6-12H2. The van der Waals surface area contributed by atoms with Gasteiger partial charge >= 0.3 is 0 Å². The molecule has 0 bridgehead atoms. The lowest BCUT2D eigenvalue weighted by Gasteiger charge is -2.33. The van der Waals surface area contributed by atoms with E-state index >= 15 is 4.39 Å². The van der Waals surface area contributed by atoms with Crippen molar-refractivity contribution >= 4 is 21.3 Å². The van der Waals surface area contributed by atoms with Crippen molar-refractivity contribution in [2.45, 2.75) is 11.4 Å². The zero-order valence-corrected chi connectivity index (χ0v) is 15.4. The fourth-order valence-electron chi connectivity index (χ4n) is 3.44. The number of hydrogen-bond donors (Lipinski definition) is 0. The van der Waals surface area contributed by atoms with Crippen LogP contribution >= 0.6 is 0 Å². The van der Waals surface area contributed by atoms with Gasteiger partial charge in [-0.15, -0.1) is 0 Å². The van der Waals surface area contributed by atoms with Crippen molar-refractivity contribution < 1.29 is 21.9 Å². The molecule has 1 fully saturated rings. The van der Waals surface area contributed by atoms with E-state index < -0.39 is 26.5 Å². The molecule has 144 valence electrons. The van der Waals surface area contributed by atoms with Gasteiger partial charge in [-0.25, -0.2) is 12.8 Å². The number of nitrogens with zero attached hydrogens (tertiary/aromatic N) is 3. The number of ether oxygens (including phenoxy) is 1. The Morgan fingerprint density at radius 2 is 1.78 bits per heavy atom. The lowest BCUT2D eigenvalue weighted by atomic mass is 10.2. The number of sulfone groups is 1. The summed E-state index contributed by atoms with van der Waals surface area (Å²) in [6.07, 6.45) is 0. The molecule has 0 spiro atoms. The monoisotopic (exact) mass is 395 g/mol. The van der Waals surface area contributed by atoms with Crippen LogP contribution in [0.15, 0.2) is 35.2 Å². The van der Waals surface area contributed by atoms with Gasteiger partial charge in [-0.3, -0.25) is 0 Å². The summed E-state index contributed by atoms with van der Waals surface area (Å²) in [5.41, 5.74) is 0.597. The molecule has 0 amide bonds. The van der Waals surface area contributed by atoms with Crippen molar-refractivity contribution in [3.8, 4) is 0 Å². The Kier molecular flexibility index (Phi) is 4.73. The maximum absolute atomic E-state index is 15.2. The summed E-state index contributed by atoms with van der Waals surface area (Å²) in [4.78, 5) is 6.27. The average molecular weight is 395 g/mol. The highest BCUT2D eigenvalue weighted by Gasteiger charge is 2.38. The fraction of sp³-hybridized carbons (Fsp3) is 0.389. The van der Waals surface area contributed by atoms with Crippen LogP contribution in [0.4, 0.5) is 20.3 Å². The highest BCUT2D eigenvalue weighted by Crippen LogP contribution is 2.38. The number of hydrogen-bond acceptors (Lipinski definition) is 6. The topological polar surface area (TPSA) is 62.7 Å². The number of pyridine rings is 1. The summed E-state index contributed by atoms with van der Waals surface area (Å²) in [5, 5.41) is 0. The predicted molar refractivity (Wildman–Crippen MR) is 96.7 cm³/mol. The van der Waals surface area contributed by atoms with Gasteiger partial charge < -0.3 is 14.5 Å². The molecule has 1 aromatic carbocycles. The smallest absolute Gasteiger partial charge is 0.239 e. The van der Waals surface area contributed by atoms with Crippen LogP contribution in [-0.4, -0.2) is 52.0 Å². The van der Waals surface area contributed by atoms with Crippen LogP contribution < -0.4 is 9.80 Å². The molecular formula is C18H19F2N3O3S. The minimum absolute atomic E-state index is 0.0825. The molecule has 0 N–H and O–H groups in total. The molecular weight excluding hydrogens is 376 g/mol. The first-order valence-corrected chi connectivity index (χ1v) is 10.4. The third-order valence-corrected chi connectivity index (χ3v) is 6.51. The Bertz CT molecular complexity index is 948. The fourth-order valence-corrected chi connectivity index (χ4v) is 4.98. The summed E-state index contributed by atoms with van der Waals surface area (Å²) in [6, 6.07) is 9.25. The third-order valence-electron chi connectivity index (χ3n) is 4.79. The number of halogens is 2. The summed E-state index contributed by atoms with van der Waals surface area (Å²) in [7, 11) is -3.94. The highest BCUT2D eigenvalue weighted by atomic mass is 32.2. The number of rotatable bonds is 3. The molecule has 2 aromatic rings. The van der Waals surface area contributed by atoms with Gasteiger partial charge in [0.2, 0.25) is 5.95 Å². The number of morpholine rings is 1. The van der Waals surface area contributed by atoms with Gasteiger partial charge in [0, 0.05) is 26.2 Å². The molecule has 2 aliphatic heterocycles. The first-order valence-electron chi connectivity index (χ1n) is 8.71. The van der Waals surface area contributed by atoms with Gasteiger partial charge in [0.1, 0.15) is 10.6 Å². The van der Waals surface area contributed by atoms with Crippen molar-refractivity contribution in [1.82, 2.24) is 4.98 Å². The van der Waals surface area contributed by atoms with E-state index in [-0.39, 0.29) is 30.3 Å². The lowest BCUT2D eigenvalue weighted by molar-refractivity contribution is 0.122. The minimum atomic E-state index is -3.94. The quantitative estimate of drug-likeness (QED) is 0.741. The van der Waals surface area contributed by atoms with Gasteiger partial charge in [-0.2, -0.15) is 9.37 Å². The van der Waals surface area contributed by atoms with Crippen LogP contribution in [0.3, 0.4) is 0 Å². The second kappa shape index (κ2) is 7.05. The lowest BCUT2D eigenvalue weighted by Crippen LogP contribution is -2.40. The normalized spacial score (nSPS) is 19.0. The van der Waals surface area contributed by atoms with Crippen molar-refractivity contribution in [3.63, 3.8) is 0 Å². The second-order valence-corrected chi connectivity index (χ2v) is 8.59. The Hall–Kier alpha value is -2.26. The first-order chi connectivity index (χ1) is 13.0. The van der Waals surface area contributed by atoms with Crippen LogP contribution in [-0.2, 0) is 21.1 Å². The minimum Gasteiger partial charge on any atom is -0.378 e. The Labute approximate surface area is 156 Å². The van der Waals surface area contributed by atoms with Crippen LogP contribution in [0.1, 0.15) is 5.56 Å². The van der Waals surface area contributed by atoms with E-state index in [1.807, 2.05) is 30.3 Å². The van der Waals surface area contributed by atoms with E-state index in [1.54, 1.807) is 4.90 Å². The Morgan fingerprint density at radius 1 is 1.07 bits per heavy atom. The van der Waals surface area contributed by atoms with Crippen molar-refractivity contribution in [2.75, 3.05) is 48.4 Å². The van der Waals surface area contributed by atoms with E-state index in [0.717, 1.165) is 5.56 Å².